The van der Waals surface area contributed by atoms with Gasteiger partial charge in [0.15, 0.2) is 0 Å². The second kappa shape index (κ2) is 5.16. The van der Waals surface area contributed by atoms with Crippen molar-refractivity contribution < 1.29 is 13.2 Å². The minimum atomic E-state index is -4.16. The number of nitrogens with one attached hydrogen (secondary N) is 1. The van der Waals surface area contributed by atoms with Gasteiger partial charge in [-0.3, -0.25) is 0 Å². The minimum Gasteiger partial charge on any atom is -0.398 e. The highest BCUT2D eigenvalue weighted by Gasteiger charge is 2.30. The van der Waals surface area contributed by atoms with Crippen molar-refractivity contribution >= 4 is 27.3 Å². The van der Waals surface area contributed by atoms with Crippen LogP contribution in [0.4, 0.5) is 24.5 Å². The van der Waals surface area contributed by atoms with Crippen molar-refractivity contribution in [2.45, 2.75) is 32.5 Å². The molecule has 0 radical (unpaired) electrons. The van der Waals surface area contributed by atoms with Crippen LogP contribution in [0.2, 0.25) is 0 Å². The van der Waals surface area contributed by atoms with Gasteiger partial charge in [-0.15, -0.1) is 0 Å². The number of halogens is 4. The Morgan fingerprint density at radius 3 is 2.53 bits per heavy atom. The highest BCUT2D eigenvalue weighted by Crippen LogP contribution is 2.30. The van der Waals surface area contributed by atoms with E-state index in [-0.39, 0.29) is 0 Å². The molecule has 1 aromatic rings. The molecule has 0 amide bonds. The number of alkyl halides is 3. The summed E-state index contributed by atoms with van der Waals surface area (Å²) in [6, 6.07) is 2.72. The molecule has 0 aliphatic rings. The molecular formula is C11H14BrF3N2. The molecule has 0 saturated heterocycles. The molecule has 1 unspecified atom stereocenters. The molecule has 0 heterocycles. The van der Waals surface area contributed by atoms with E-state index in [9.17, 15) is 13.2 Å². The first kappa shape index (κ1) is 14.2. The Morgan fingerprint density at radius 1 is 1.41 bits per heavy atom. The van der Waals surface area contributed by atoms with Crippen molar-refractivity contribution in [2.24, 2.45) is 0 Å². The summed E-state index contributed by atoms with van der Waals surface area (Å²) in [6.45, 7) is 3.30. The monoisotopic (exact) mass is 310 g/mol. The molecular weight excluding hydrogens is 297 g/mol. The fraction of sp³-hybridized carbons (Fsp3) is 0.455. The van der Waals surface area contributed by atoms with Crippen molar-refractivity contribution in [1.29, 1.82) is 0 Å². The third-order valence-corrected chi connectivity index (χ3v) is 2.95. The lowest BCUT2D eigenvalue weighted by Gasteiger charge is -2.18. The predicted molar refractivity (Wildman–Crippen MR) is 67.0 cm³/mol. The second-order valence-corrected chi connectivity index (χ2v) is 4.91. The summed E-state index contributed by atoms with van der Waals surface area (Å²) in [5.74, 6) is 0. The fourth-order valence-corrected chi connectivity index (χ4v) is 1.95. The zero-order valence-corrected chi connectivity index (χ0v) is 11.1. The molecule has 96 valence electrons. The average Bonchev–Trinajstić information content (AvgIpc) is 2.11. The molecule has 17 heavy (non-hydrogen) atoms. The molecule has 2 nitrogen and oxygen atoms in total. The van der Waals surface area contributed by atoms with Gasteiger partial charge < -0.3 is 11.1 Å². The van der Waals surface area contributed by atoms with Crippen molar-refractivity contribution in [1.82, 2.24) is 0 Å². The Kier molecular flexibility index (Phi) is 4.30. The van der Waals surface area contributed by atoms with Crippen LogP contribution in [-0.2, 0) is 0 Å². The molecule has 0 aliphatic carbocycles. The number of rotatable bonds is 3. The van der Waals surface area contributed by atoms with E-state index < -0.39 is 18.6 Å². The van der Waals surface area contributed by atoms with Gasteiger partial charge in [0, 0.05) is 21.9 Å². The van der Waals surface area contributed by atoms with Crippen molar-refractivity contribution in [3.8, 4) is 0 Å². The highest BCUT2D eigenvalue weighted by atomic mass is 79.9. The van der Waals surface area contributed by atoms with Crippen LogP contribution in [0.15, 0.2) is 16.6 Å². The largest absolute Gasteiger partial charge is 0.398 e. The summed E-state index contributed by atoms with van der Waals surface area (Å²) in [4.78, 5) is 0. The zero-order valence-electron chi connectivity index (χ0n) is 9.53. The summed E-state index contributed by atoms with van der Waals surface area (Å²) in [7, 11) is 0. The van der Waals surface area contributed by atoms with Crippen molar-refractivity contribution in [3.05, 3.63) is 22.2 Å². The standard InChI is InChI=1S/C11H14BrF3N2/c1-6-3-10(8(12)4-9(6)16)17-7(2)5-11(13,14)15/h3-4,7,17H,5,16H2,1-2H3. The van der Waals surface area contributed by atoms with Crippen molar-refractivity contribution in [3.63, 3.8) is 0 Å². The van der Waals surface area contributed by atoms with Gasteiger partial charge in [-0.2, -0.15) is 13.2 Å². The van der Waals surface area contributed by atoms with Gasteiger partial charge in [0.2, 0.25) is 0 Å². The SMILES string of the molecule is Cc1cc(NC(C)CC(F)(F)F)c(Br)cc1N. The number of benzene rings is 1. The van der Waals surface area contributed by atoms with Gasteiger partial charge in [0.25, 0.3) is 0 Å². The van der Waals surface area contributed by atoms with Gasteiger partial charge in [-0.05, 0) is 47.5 Å². The fourth-order valence-electron chi connectivity index (χ4n) is 1.47. The number of aryl methyl sites for hydroxylation is 1. The van der Waals surface area contributed by atoms with Gasteiger partial charge in [0.05, 0.1) is 6.42 Å². The van der Waals surface area contributed by atoms with E-state index >= 15 is 0 Å². The first-order chi connectivity index (χ1) is 7.69. The molecule has 0 fully saturated rings. The van der Waals surface area contributed by atoms with Crippen LogP contribution in [0.1, 0.15) is 18.9 Å². The van der Waals surface area contributed by atoms with Crippen LogP contribution in [0, 0.1) is 6.92 Å². The molecule has 0 aromatic heterocycles. The Labute approximate surface area is 107 Å². The van der Waals surface area contributed by atoms with Gasteiger partial charge in [-0.25, -0.2) is 0 Å². The van der Waals surface area contributed by atoms with Crippen LogP contribution in [0.3, 0.4) is 0 Å². The predicted octanol–water partition coefficient (Wildman–Crippen LogP) is 4.09. The second-order valence-electron chi connectivity index (χ2n) is 4.05. The number of anilines is 2. The molecule has 1 rings (SSSR count). The van der Waals surface area contributed by atoms with Crippen molar-refractivity contribution in [2.75, 3.05) is 11.1 Å². The highest BCUT2D eigenvalue weighted by molar-refractivity contribution is 9.10. The lowest BCUT2D eigenvalue weighted by molar-refractivity contribution is -0.136. The van der Waals surface area contributed by atoms with Gasteiger partial charge in [0.1, 0.15) is 0 Å². The summed E-state index contributed by atoms with van der Waals surface area (Å²) >= 11 is 3.27. The summed E-state index contributed by atoms with van der Waals surface area (Å²) < 4.78 is 37.2. The number of nitrogen functional groups attached to an aromatic ring is 1. The molecule has 1 atom stereocenters. The van der Waals surface area contributed by atoms with Crippen LogP contribution in [0.5, 0.6) is 0 Å². The van der Waals surface area contributed by atoms with E-state index in [1.165, 1.54) is 6.92 Å². The normalized spacial score (nSPS) is 13.5. The number of hydrogen-bond acceptors (Lipinski definition) is 2. The number of hydrogen-bond donors (Lipinski definition) is 2. The Balaban J connectivity index is 2.78. The molecule has 0 bridgehead atoms. The quantitative estimate of drug-likeness (QED) is 0.825. The molecule has 0 aliphatic heterocycles. The molecule has 3 N–H and O–H groups in total. The van der Waals surface area contributed by atoms with Crippen LogP contribution < -0.4 is 11.1 Å². The molecule has 1 aromatic carbocycles. The third-order valence-electron chi connectivity index (χ3n) is 2.30. The van der Waals surface area contributed by atoms with E-state index in [1.54, 1.807) is 19.1 Å². The van der Waals surface area contributed by atoms with Crippen LogP contribution in [0.25, 0.3) is 0 Å². The Morgan fingerprint density at radius 2 is 2.00 bits per heavy atom. The summed E-state index contributed by atoms with van der Waals surface area (Å²) in [5, 5.41) is 2.81. The van der Waals surface area contributed by atoms with Gasteiger partial charge in [-0.1, -0.05) is 0 Å². The maximum atomic E-state index is 12.2. The van der Waals surface area contributed by atoms with E-state index in [2.05, 4.69) is 21.2 Å². The topological polar surface area (TPSA) is 38.0 Å². The Bertz CT molecular complexity index is 404. The van der Waals surface area contributed by atoms with E-state index in [0.717, 1.165) is 5.56 Å². The molecule has 0 saturated carbocycles. The maximum Gasteiger partial charge on any atom is 0.391 e. The number of nitrogens with two attached hydrogens (primary N) is 1. The third kappa shape index (κ3) is 4.46. The van der Waals surface area contributed by atoms with Crippen LogP contribution >= 0.6 is 15.9 Å². The van der Waals surface area contributed by atoms with E-state index in [1.807, 2.05) is 0 Å². The lowest BCUT2D eigenvalue weighted by Crippen LogP contribution is -2.24. The zero-order chi connectivity index (χ0) is 13.2. The van der Waals surface area contributed by atoms with Gasteiger partial charge >= 0.3 is 6.18 Å². The first-order valence-electron chi connectivity index (χ1n) is 5.08. The smallest absolute Gasteiger partial charge is 0.391 e. The first-order valence-corrected chi connectivity index (χ1v) is 5.87. The Hall–Kier alpha value is -0.910. The van der Waals surface area contributed by atoms with Crippen LogP contribution in [-0.4, -0.2) is 12.2 Å². The van der Waals surface area contributed by atoms with E-state index in [4.69, 9.17) is 5.73 Å². The molecule has 0 spiro atoms. The average molecular weight is 311 g/mol. The lowest BCUT2D eigenvalue weighted by atomic mass is 10.1. The van der Waals surface area contributed by atoms with E-state index in [0.29, 0.717) is 15.8 Å². The summed E-state index contributed by atoms with van der Waals surface area (Å²) in [5.41, 5.74) is 7.73. The minimum absolute atomic E-state index is 0.603. The summed E-state index contributed by atoms with van der Waals surface area (Å²) in [6.07, 6.45) is -5.04. The molecule has 6 heteroatoms. The maximum absolute atomic E-state index is 12.2.